The summed E-state index contributed by atoms with van der Waals surface area (Å²) < 4.78 is 4.75. The summed E-state index contributed by atoms with van der Waals surface area (Å²) in [5, 5.41) is 8.46. The predicted octanol–water partition coefficient (Wildman–Crippen LogP) is 11.2. The summed E-state index contributed by atoms with van der Waals surface area (Å²) >= 11 is 0. The summed E-state index contributed by atoms with van der Waals surface area (Å²) in [5.41, 5.74) is 11.2. The Morgan fingerprint density at radius 1 is 0.375 bits per heavy atom. The molecule has 0 saturated carbocycles. The Kier molecular flexibility index (Phi) is 5.08. The second-order valence-corrected chi connectivity index (χ2v) is 12.6. The monoisotopic (exact) mass is 610 g/mol. The minimum absolute atomic E-state index is 0.668. The maximum atomic E-state index is 5.38. The molecule has 0 aliphatic rings. The first-order chi connectivity index (χ1) is 23.8. The number of benzene rings is 7. The van der Waals surface area contributed by atoms with Gasteiger partial charge in [-0.15, -0.1) is 0 Å². The standard InChI is InChI=1S/C44H26N4/c1-3-13-27(14-4-1)29-23-24-38-34(25-29)40-39(48(38)44-45-35-20-10-7-18-31(35)42(46-44)28-15-5-2-6-16-28)26-33-30-17-8-11-21-36(30)47-37-22-12-9-19-32(37)41(40)43(33)47/h1-26H. The van der Waals surface area contributed by atoms with E-state index in [1.165, 1.54) is 60.0 Å². The maximum Gasteiger partial charge on any atom is 0.235 e. The number of nitrogens with zero attached hydrogens (tertiary/aromatic N) is 4. The van der Waals surface area contributed by atoms with Crippen LogP contribution in [0.3, 0.4) is 0 Å². The molecule has 0 unspecified atom stereocenters. The van der Waals surface area contributed by atoms with Gasteiger partial charge < -0.3 is 4.40 Å². The Hall–Kier alpha value is -6.52. The first-order valence-corrected chi connectivity index (χ1v) is 16.4. The number of rotatable bonds is 3. The molecule has 0 bridgehead atoms. The molecule has 4 heteroatoms. The molecule has 4 heterocycles. The lowest BCUT2D eigenvalue weighted by atomic mass is 9.99. The van der Waals surface area contributed by atoms with Gasteiger partial charge in [-0.1, -0.05) is 121 Å². The van der Waals surface area contributed by atoms with Crippen molar-refractivity contribution in [1.82, 2.24) is 18.9 Å². The van der Waals surface area contributed by atoms with Gasteiger partial charge in [-0.3, -0.25) is 4.57 Å². The highest BCUT2D eigenvalue weighted by Gasteiger charge is 2.25. The molecule has 0 aliphatic heterocycles. The highest BCUT2D eigenvalue weighted by molar-refractivity contribution is 6.35. The molecule has 0 spiro atoms. The number of hydrogen-bond donors (Lipinski definition) is 0. The molecular formula is C44H26N4. The second kappa shape index (κ2) is 9.50. The third-order valence-electron chi connectivity index (χ3n) is 10.0. The Morgan fingerprint density at radius 3 is 1.81 bits per heavy atom. The molecule has 11 aromatic rings. The van der Waals surface area contributed by atoms with Gasteiger partial charge in [-0.05, 0) is 47.5 Å². The summed E-state index contributed by atoms with van der Waals surface area (Å²) in [4.78, 5) is 10.7. The number of fused-ring (bicyclic) bond motifs is 11. The molecule has 4 nitrogen and oxygen atoms in total. The van der Waals surface area contributed by atoms with Crippen molar-refractivity contribution in [2.45, 2.75) is 0 Å². The van der Waals surface area contributed by atoms with Crippen LogP contribution in [0.5, 0.6) is 0 Å². The molecule has 0 fully saturated rings. The van der Waals surface area contributed by atoms with E-state index in [4.69, 9.17) is 9.97 Å². The Bertz CT molecular complexity index is 3040. The zero-order valence-corrected chi connectivity index (χ0v) is 25.8. The van der Waals surface area contributed by atoms with Gasteiger partial charge in [0.25, 0.3) is 0 Å². The van der Waals surface area contributed by atoms with Gasteiger partial charge in [0, 0.05) is 43.3 Å². The minimum Gasteiger partial charge on any atom is -0.308 e. The lowest BCUT2D eigenvalue weighted by Gasteiger charge is -2.12. The minimum atomic E-state index is 0.668. The SMILES string of the molecule is c1ccc(-c2ccc3c(c2)c2c4c5ccccc5n5c6ccccc6c(cc2n3-c2nc(-c3ccccc3)c3ccccc3n2)c45)cc1. The van der Waals surface area contributed by atoms with Crippen LogP contribution in [0.1, 0.15) is 0 Å². The van der Waals surface area contributed by atoms with E-state index in [2.05, 4.69) is 161 Å². The molecule has 48 heavy (non-hydrogen) atoms. The summed E-state index contributed by atoms with van der Waals surface area (Å²) in [6.07, 6.45) is 0. The number of aromatic nitrogens is 4. The van der Waals surface area contributed by atoms with Crippen LogP contribution in [-0.4, -0.2) is 18.9 Å². The maximum absolute atomic E-state index is 5.38. The van der Waals surface area contributed by atoms with Gasteiger partial charge in [-0.2, -0.15) is 0 Å². The van der Waals surface area contributed by atoms with Crippen molar-refractivity contribution >= 4 is 70.8 Å². The van der Waals surface area contributed by atoms with Crippen LogP contribution in [0.4, 0.5) is 0 Å². The normalized spacial score (nSPS) is 12.2. The van der Waals surface area contributed by atoms with Gasteiger partial charge in [0.05, 0.1) is 38.8 Å². The van der Waals surface area contributed by atoms with Crippen LogP contribution >= 0.6 is 0 Å². The Labute approximate surface area is 275 Å². The van der Waals surface area contributed by atoms with Crippen molar-refractivity contribution in [1.29, 1.82) is 0 Å². The van der Waals surface area contributed by atoms with Crippen LogP contribution in [0.15, 0.2) is 158 Å². The zero-order chi connectivity index (χ0) is 31.3. The molecule has 7 aromatic carbocycles. The van der Waals surface area contributed by atoms with Gasteiger partial charge in [0.2, 0.25) is 5.95 Å². The average molecular weight is 611 g/mol. The highest BCUT2D eigenvalue weighted by atomic mass is 15.2. The molecule has 0 saturated heterocycles. The molecule has 0 N–H and O–H groups in total. The van der Waals surface area contributed by atoms with E-state index < -0.39 is 0 Å². The average Bonchev–Trinajstić information content (AvgIpc) is 3.79. The summed E-state index contributed by atoms with van der Waals surface area (Å²) in [5.74, 6) is 0.668. The van der Waals surface area contributed by atoms with E-state index in [1.54, 1.807) is 0 Å². The van der Waals surface area contributed by atoms with E-state index >= 15 is 0 Å². The summed E-state index contributed by atoms with van der Waals surface area (Å²) in [6.45, 7) is 0. The summed E-state index contributed by atoms with van der Waals surface area (Å²) in [6, 6.07) is 56.3. The van der Waals surface area contributed by atoms with E-state index in [1.807, 2.05) is 6.07 Å². The van der Waals surface area contributed by atoms with Crippen molar-refractivity contribution in [3.63, 3.8) is 0 Å². The van der Waals surface area contributed by atoms with E-state index in [-0.39, 0.29) is 0 Å². The van der Waals surface area contributed by atoms with Gasteiger partial charge in [0.15, 0.2) is 0 Å². The fourth-order valence-electron chi connectivity index (χ4n) is 8.02. The highest BCUT2D eigenvalue weighted by Crippen LogP contribution is 2.47. The molecule has 0 amide bonds. The number of para-hydroxylation sites is 3. The fourth-order valence-corrected chi connectivity index (χ4v) is 8.02. The van der Waals surface area contributed by atoms with Crippen molar-refractivity contribution < 1.29 is 0 Å². The fraction of sp³-hybridized carbons (Fsp3) is 0. The van der Waals surface area contributed by atoms with Gasteiger partial charge in [-0.25, -0.2) is 9.97 Å². The van der Waals surface area contributed by atoms with E-state index in [9.17, 15) is 0 Å². The molecule has 0 atom stereocenters. The molecular weight excluding hydrogens is 585 g/mol. The second-order valence-electron chi connectivity index (χ2n) is 12.6. The van der Waals surface area contributed by atoms with Crippen LogP contribution in [0.2, 0.25) is 0 Å². The third kappa shape index (κ3) is 3.38. The zero-order valence-electron chi connectivity index (χ0n) is 25.8. The van der Waals surface area contributed by atoms with Gasteiger partial charge in [0.1, 0.15) is 0 Å². The van der Waals surface area contributed by atoms with Crippen molar-refractivity contribution in [2.75, 3.05) is 0 Å². The molecule has 0 aliphatic carbocycles. The first-order valence-electron chi connectivity index (χ1n) is 16.4. The largest absolute Gasteiger partial charge is 0.308 e. The molecule has 222 valence electrons. The van der Waals surface area contributed by atoms with E-state index in [0.29, 0.717) is 5.95 Å². The first kappa shape index (κ1) is 25.6. The van der Waals surface area contributed by atoms with Crippen LogP contribution in [0, 0.1) is 0 Å². The van der Waals surface area contributed by atoms with Crippen molar-refractivity contribution in [3.05, 3.63) is 158 Å². The summed E-state index contributed by atoms with van der Waals surface area (Å²) in [7, 11) is 0. The van der Waals surface area contributed by atoms with Crippen LogP contribution in [-0.2, 0) is 0 Å². The van der Waals surface area contributed by atoms with E-state index in [0.717, 1.165) is 33.2 Å². The topological polar surface area (TPSA) is 35.1 Å². The molecule has 4 aromatic heterocycles. The molecule has 0 radical (unpaired) electrons. The Morgan fingerprint density at radius 2 is 1.02 bits per heavy atom. The lowest BCUT2D eigenvalue weighted by Crippen LogP contribution is -2.03. The van der Waals surface area contributed by atoms with Gasteiger partial charge >= 0.3 is 0 Å². The third-order valence-corrected chi connectivity index (χ3v) is 10.0. The van der Waals surface area contributed by atoms with Crippen molar-refractivity contribution in [2.24, 2.45) is 0 Å². The Balaban J connectivity index is 1.37. The quantitative estimate of drug-likeness (QED) is 0.199. The predicted molar refractivity (Wildman–Crippen MR) is 199 cm³/mol. The lowest BCUT2D eigenvalue weighted by molar-refractivity contribution is 1.01. The number of hydrogen-bond acceptors (Lipinski definition) is 2. The molecule has 11 rings (SSSR count). The smallest absolute Gasteiger partial charge is 0.235 e. The van der Waals surface area contributed by atoms with Crippen LogP contribution < -0.4 is 0 Å². The van der Waals surface area contributed by atoms with Crippen LogP contribution in [0.25, 0.3) is 99.1 Å². The van der Waals surface area contributed by atoms with Crippen molar-refractivity contribution in [3.8, 4) is 28.3 Å².